The van der Waals surface area contributed by atoms with Crippen LogP contribution >= 0.6 is 0 Å². The van der Waals surface area contributed by atoms with Crippen LogP contribution in [0.25, 0.3) is 0 Å². The molecule has 0 aromatic carbocycles. The topological polar surface area (TPSA) is 127 Å². The van der Waals surface area contributed by atoms with Crippen molar-refractivity contribution in [3.05, 3.63) is 0 Å². The summed E-state index contributed by atoms with van der Waals surface area (Å²) in [6, 6.07) is -1.14. The lowest BCUT2D eigenvalue weighted by Gasteiger charge is -2.27. The van der Waals surface area contributed by atoms with Crippen molar-refractivity contribution in [2.75, 3.05) is 6.61 Å². The number of nitrogens with two attached hydrogens (primary N) is 1. The van der Waals surface area contributed by atoms with Crippen LogP contribution in [0.15, 0.2) is 0 Å². The summed E-state index contributed by atoms with van der Waals surface area (Å²) in [5.74, 6) is 0. The van der Waals surface area contributed by atoms with E-state index in [1.165, 1.54) is 0 Å². The molecule has 0 unspecified atom stereocenters. The minimum atomic E-state index is -2.11. The van der Waals surface area contributed by atoms with Gasteiger partial charge in [-0.15, -0.1) is 0 Å². The lowest BCUT2D eigenvalue weighted by atomic mass is 9.98. The van der Waals surface area contributed by atoms with Crippen molar-refractivity contribution >= 4 is 0 Å². The Bertz CT molecular complexity index is 161. The summed E-state index contributed by atoms with van der Waals surface area (Å²) in [6.07, 6.45) is -4.56. The van der Waals surface area contributed by atoms with Crippen molar-refractivity contribution in [2.24, 2.45) is 5.73 Å². The second-order valence-electron chi connectivity index (χ2n) is 3.11. The van der Waals surface area contributed by atoms with Gasteiger partial charge in [0, 0.05) is 0 Å². The highest BCUT2D eigenvalue weighted by Crippen LogP contribution is 2.29. The number of hydrogen-bond acceptors (Lipinski definition) is 6. The standard InChI is InChI=1S/C6H13NO5/c7-2-3(9)5(11)6(12,1-8)4(2)10/h2-5,8-12H,1,7H2/t2-,3-,4-,5+,6-/m1/s1. The van der Waals surface area contributed by atoms with Crippen LogP contribution in [0, 0.1) is 0 Å². The van der Waals surface area contributed by atoms with Crippen molar-refractivity contribution in [3.8, 4) is 0 Å². The molecule has 0 saturated heterocycles. The Kier molecular flexibility index (Phi) is 2.39. The van der Waals surface area contributed by atoms with E-state index in [4.69, 9.17) is 21.1 Å². The Hall–Kier alpha value is -0.240. The lowest BCUT2D eigenvalue weighted by molar-refractivity contribution is -0.148. The molecule has 0 radical (unpaired) electrons. The van der Waals surface area contributed by atoms with Gasteiger partial charge in [-0.3, -0.25) is 0 Å². The van der Waals surface area contributed by atoms with E-state index in [2.05, 4.69) is 0 Å². The zero-order valence-corrected chi connectivity index (χ0v) is 6.33. The van der Waals surface area contributed by atoms with Crippen molar-refractivity contribution < 1.29 is 25.5 Å². The molecule has 72 valence electrons. The van der Waals surface area contributed by atoms with Crippen LogP contribution in [0.3, 0.4) is 0 Å². The highest BCUT2D eigenvalue weighted by molar-refractivity contribution is 5.10. The van der Waals surface area contributed by atoms with Gasteiger partial charge >= 0.3 is 0 Å². The number of rotatable bonds is 1. The molecule has 1 aliphatic rings. The van der Waals surface area contributed by atoms with E-state index < -0.39 is 36.6 Å². The molecule has 0 aliphatic heterocycles. The van der Waals surface area contributed by atoms with Crippen LogP contribution in [-0.4, -0.2) is 62.1 Å². The molecule has 0 spiro atoms. The Morgan fingerprint density at radius 1 is 1.17 bits per heavy atom. The fraction of sp³-hybridized carbons (Fsp3) is 1.00. The van der Waals surface area contributed by atoms with Crippen molar-refractivity contribution in [1.82, 2.24) is 0 Å². The number of aliphatic hydroxyl groups excluding tert-OH is 4. The van der Waals surface area contributed by atoms with Crippen LogP contribution in [0.4, 0.5) is 0 Å². The summed E-state index contributed by atoms with van der Waals surface area (Å²) in [5.41, 5.74) is 3.12. The fourth-order valence-electron chi connectivity index (χ4n) is 1.39. The third kappa shape index (κ3) is 1.05. The Morgan fingerprint density at radius 3 is 1.83 bits per heavy atom. The van der Waals surface area contributed by atoms with E-state index in [1.54, 1.807) is 0 Å². The van der Waals surface area contributed by atoms with Gasteiger partial charge < -0.3 is 31.3 Å². The van der Waals surface area contributed by atoms with Crippen molar-refractivity contribution in [2.45, 2.75) is 30.0 Å². The van der Waals surface area contributed by atoms with Crippen LogP contribution < -0.4 is 5.73 Å². The van der Waals surface area contributed by atoms with E-state index >= 15 is 0 Å². The summed E-state index contributed by atoms with van der Waals surface area (Å²) in [7, 11) is 0. The normalized spacial score (nSPS) is 54.5. The predicted molar refractivity (Wildman–Crippen MR) is 38.0 cm³/mol. The van der Waals surface area contributed by atoms with E-state index in [0.29, 0.717) is 0 Å². The lowest BCUT2D eigenvalue weighted by Crippen LogP contribution is -2.52. The van der Waals surface area contributed by atoms with Gasteiger partial charge in [-0.1, -0.05) is 0 Å². The zero-order valence-electron chi connectivity index (χ0n) is 6.33. The highest BCUT2D eigenvalue weighted by Gasteiger charge is 2.57. The van der Waals surface area contributed by atoms with Gasteiger partial charge in [0.05, 0.1) is 12.6 Å². The van der Waals surface area contributed by atoms with E-state index in [1.807, 2.05) is 0 Å². The maximum atomic E-state index is 9.39. The molecule has 1 saturated carbocycles. The highest BCUT2D eigenvalue weighted by atomic mass is 16.4. The molecule has 6 nitrogen and oxygen atoms in total. The first-order chi connectivity index (χ1) is 5.45. The molecule has 0 amide bonds. The zero-order chi connectivity index (χ0) is 9.52. The van der Waals surface area contributed by atoms with Gasteiger partial charge in [-0.05, 0) is 0 Å². The second kappa shape index (κ2) is 2.91. The Balaban J connectivity index is 2.90. The second-order valence-corrected chi connectivity index (χ2v) is 3.11. The maximum absolute atomic E-state index is 9.39. The van der Waals surface area contributed by atoms with Gasteiger partial charge in [-0.25, -0.2) is 0 Å². The molecule has 1 fully saturated rings. The third-order valence-electron chi connectivity index (χ3n) is 2.36. The molecular formula is C6H13NO5. The minimum absolute atomic E-state index is 0.847. The molecule has 0 heterocycles. The minimum Gasteiger partial charge on any atom is -0.393 e. The molecule has 0 bridgehead atoms. The van der Waals surface area contributed by atoms with Gasteiger partial charge in [0.1, 0.15) is 23.9 Å². The first-order valence-electron chi connectivity index (χ1n) is 3.58. The molecular weight excluding hydrogens is 166 g/mol. The van der Waals surface area contributed by atoms with Gasteiger partial charge in [0.25, 0.3) is 0 Å². The predicted octanol–water partition coefficient (Wildman–Crippen LogP) is -3.87. The van der Waals surface area contributed by atoms with Crippen molar-refractivity contribution in [1.29, 1.82) is 0 Å². The van der Waals surface area contributed by atoms with Crippen molar-refractivity contribution in [3.63, 3.8) is 0 Å². The monoisotopic (exact) mass is 179 g/mol. The summed E-state index contributed by atoms with van der Waals surface area (Å²) in [4.78, 5) is 0. The smallest absolute Gasteiger partial charge is 0.143 e. The first-order valence-corrected chi connectivity index (χ1v) is 3.58. The average Bonchev–Trinajstić information content (AvgIpc) is 2.22. The van der Waals surface area contributed by atoms with Crippen LogP contribution in [0.5, 0.6) is 0 Å². The van der Waals surface area contributed by atoms with E-state index in [-0.39, 0.29) is 0 Å². The third-order valence-corrected chi connectivity index (χ3v) is 2.36. The fourth-order valence-corrected chi connectivity index (χ4v) is 1.39. The first kappa shape index (κ1) is 9.85. The largest absolute Gasteiger partial charge is 0.393 e. The molecule has 12 heavy (non-hydrogen) atoms. The quantitative estimate of drug-likeness (QED) is 0.244. The average molecular weight is 179 g/mol. The molecule has 1 aliphatic carbocycles. The molecule has 6 heteroatoms. The van der Waals surface area contributed by atoms with Crippen LogP contribution in [-0.2, 0) is 0 Å². The van der Waals surface area contributed by atoms with E-state index in [9.17, 15) is 10.2 Å². The van der Waals surface area contributed by atoms with E-state index in [0.717, 1.165) is 0 Å². The Morgan fingerprint density at radius 2 is 1.67 bits per heavy atom. The number of hydrogen-bond donors (Lipinski definition) is 6. The summed E-state index contributed by atoms with van der Waals surface area (Å²) >= 11 is 0. The molecule has 7 N–H and O–H groups in total. The molecule has 1 rings (SSSR count). The van der Waals surface area contributed by atoms with Gasteiger partial charge in [0.2, 0.25) is 0 Å². The van der Waals surface area contributed by atoms with Gasteiger partial charge in [-0.2, -0.15) is 0 Å². The maximum Gasteiger partial charge on any atom is 0.143 e. The molecule has 0 aromatic heterocycles. The molecule has 5 atom stereocenters. The molecule has 0 aromatic rings. The summed E-state index contributed by atoms with van der Waals surface area (Å²) in [6.45, 7) is -0.847. The number of aliphatic hydroxyl groups is 5. The SMILES string of the molecule is N[C@@H]1[C@@H](O)[C@H](O)[C@@](O)(CO)[C@@H]1O. The summed E-state index contributed by atoms with van der Waals surface area (Å²) in [5, 5.41) is 45.5. The Labute approximate surface area is 68.9 Å². The van der Waals surface area contributed by atoms with Crippen LogP contribution in [0.1, 0.15) is 0 Å². The summed E-state index contributed by atoms with van der Waals surface area (Å²) < 4.78 is 0. The van der Waals surface area contributed by atoms with Gasteiger partial charge in [0.15, 0.2) is 0 Å². The van der Waals surface area contributed by atoms with Crippen LogP contribution in [0.2, 0.25) is 0 Å².